The summed E-state index contributed by atoms with van der Waals surface area (Å²) in [6.07, 6.45) is 0.101. The van der Waals surface area contributed by atoms with E-state index in [2.05, 4.69) is 16.7 Å². The van der Waals surface area contributed by atoms with E-state index in [-0.39, 0.29) is 13.0 Å². The molecule has 3 aromatic rings. The zero-order valence-electron chi connectivity index (χ0n) is 16.1. The third-order valence-corrected chi connectivity index (χ3v) is 4.62. The fourth-order valence-corrected chi connectivity index (χ4v) is 3.39. The van der Waals surface area contributed by atoms with Crippen LogP contribution in [0.15, 0.2) is 48.5 Å². The second-order valence-electron chi connectivity index (χ2n) is 6.52. The van der Waals surface area contributed by atoms with Crippen LogP contribution in [-0.4, -0.2) is 29.7 Å². The third-order valence-electron chi connectivity index (χ3n) is 4.62. The number of hydrogen-bond donors (Lipinski definition) is 1. The summed E-state index contributed by atoms with van der Waals surface area (Å²) in [7, 11) is 0. The van der Waals surface area contributed by atoms with Crippen molar-refractivity contribution in [3.8, 4) is 5.75 Å². The number of rotatable bonds is 8. The predicted octanol–water partition coefficient (Wildman–Crippen LogP) is 2.97. The van der Waals surface area contributed by atoms with Gasteiger partial charge in [-0.1, -0.05) is 36.4 Å². The molecular formula is C22H24N2O4. The van der Waals surface area contributed by atoms with Gasteiger partial charge in [0.2, 0.25) is 5.91 Å². The van der Waals surface area contributed by atoms with Gasteiger partial charge >= 0.3 is 5.97 Å². The Balaban J connectivity index is 2.06. The molecule has 3 rings (SSSR count). The second kappa shape index (κ2) is 8.61. The van der Waals surface area contributed by atoms with Crippen LogP contribution in [0.1, 0.15) is 23.7 Å². The van der Waals surface area contributed by atoms with Gasteiger partial charge in [-0.3, -0.25) is 4.79 Å². The fraction of sp³-hybridized carbons (Fsp3) is 0.273. The standard InChI is InChI=1S/C22H24N2O4/c1-3-27-21(26)14-28-19-11-7-10-18-22(19)17(12-20(23)25)15(2)24(18)13-16-8-5-4-6-9-16/h4-11H,3,12-14H2,1-2H3,(H2,23,25). The van der Waals surface area contributed by atoms with Crippen molar-refractivity contribution < 1.29 is 19.1 Å². The molecule has 2 N–H and O–H groups in total. The highest BCUT2D eigenvalue weighted by atomic mass is 16.6. The van der Waals surface area contributed by atoms with Crippen LogP contribution in [0.2, 0.25) is 0 Å². The molecule has 2 aromatic carbocycles. The van der Waals surface area contributed by atoms with Crippen LogP contribution in [0.3, 0.4) is 0 Å². The largest absolute Gasteiger partial charge is 0.481 e. The van der Waals surface area contributed by atoms with E-state index in [1.54, 1.807) is 13.0 Å². The first-order valence-corrected chi connectivity index (χ1v) is 9.22. The number of nitrogens with zero attached hydrogens (tertiary/aromatic N) is 1. The summed E-state index contributed by atoms with van der Waals surface area (Å²) < 4.78 is 12.8. The molecule has 0 aliphatic rings. The number of esters is 1. The molecule has 6 nitrogen and oxygen atoms in total. The normalized spacial score (nSPS) is 10.8. The highest BCUT2D eigenvalue weighted by Crippen LogP contribution is 2.34. The molecule has 6 heteroatoms. The average molecular weight is 380 g/mol. The fourth-order valence-electron chi connectivity index (χ4n) is 3.39. The van der Waals surface area contributed by atoms with E-state index >= 15 is 0 Å². The zero-order chi connectivity index (χ0) is 20.1. The van der Waals surface area contributed by atoms with Crippen LogP contribution in [0, 0.1) is 6.92 Å². The summed E-state index contributed by atoms with van der Waals surface area (Å²) in [5, 5.41) is 0.805. The van der Waals surface area contributed by atoms with Crippen LogP contribution in [0.4, 0.5) is 0 Å². The Morgan fingerprint density at radius 3 is 2.50 bits per heavy atom. The Morgan fingerprint density at radius 1 is 1.07 bits per heavy atom. The van der Waals surface area contributed by atoms with Gasteiger partial charge in [-0.25, -0.2) is 4.79 Å². The van der Waals surface area contributed by atoms with Crippen LogP contribution in [0.25, 0.3) is 10.9 Å². The molecule has 0 bridgehead atoms. The molecule has 1 aromatic heterocycles. The highest BCUT2D eigenvalue weighted by molar-refractivity contribution is 5.95. The van der Waals surface area contributed by atoms with Crippen molar-refractivity contribution in [1.82, 2.24) is 4.57 Å². The third kappa shape index (κ3) is 4.17. The Morgan fingerprint density at radius 2 is 1.82 bits per heavy atom. The molecule has 28 heavy (non-hydrogen) atoms. The first kappa shape index (κ1) is 19.5. The summed E-state index contributed by atoms with van der Waals surface area (Å²) in [5.74, 6) is -0.310. The lowest BCUT2D eigenvalue weighted by atomic mass is 10.1. The summed E-state index contributed by atoms with van der Waals surface area (Å²) in [5.41, 5.74) is 9.34. The first-order chi connectivity index (χ1) is 13.5. The van der Waals surface area contributed by atoms with Crippen molar-refractivity contribution in [3.63, 3.8) is 0 Å². The van der Waals surface area contributed by atoms with E-state index in [9.17, 15) is 9.59 Å². The molecule has 0 unspecified atom stereocenters. The lowest BCUT2D eigenvalue weighted by Crippen LogP contribution is -2.16. The van der Waals surface area contributed by atoms with Gasteiger partial charge in [0, 0.05) is 17.6 Å². The van der Waals surface area contributed by atoms with Crippen molar-refractivity contribution in [1.29, 1.82) is 0 Å². The van der Waals surface area contributed by atoms with Gasteiger partial charge in [-0.05, 0) is 37.1 Å². The molecule has 0 saturated heterocycles. The summed E-state index contributed by atoms with van der Waals surface area (Å²) in [6, 6.07) is 15.7. The van der Waals surface area contributed by atoms with Crippen molar-refractivity contribution in [2.45, 2.75) is 26.8 Å². The molecule has 0 fully saturated rings. The summed E-state index contributed by atoms with van der Waals surface area (Å²) >= 11 is 0. The van der Waals surface area contributed by atoms with Crippen molar-refractivity contribution >= 4 is 22.8 Å². The minimum Gasteiger partial charge on any atom is -0.481 e. The van der Waals surface area contributed by atoms with E-state index in [1.165, 1.54) is 0 Å². The van der Waals surface area contributed by atoms with Gasteiger partial charge in [-0.2, -0.15) is 0 Å². The smallest absolute Gasteiger partial charge is 0.344 e. The number of benzene rings is 2. The van der Waals surface area contributed by atoms with E-state index in [1.807, 2.05) is 37.3 Å². The Hall–Kier alpha value is -3.28. The molecular weight excluding hydrogens is 356 g/mol. The minimum absolute atomic E-state index is 0.101. The van der Waals surface area contributed by atoms with Crippen molar-refractivity contribution in [2.24, 2.45) is 5.73 Å². The van der Waals surface area contributed by atoms with Gasteiger partial charge in [0.15, 0.2) is 6.61 Å². The SMILES string of the molecule is CCOC(=O)COc1cccc2c1c(CC(N)=O)c(C)n2Cc1ccccc1. The number of carbonyl (C=O) groups excluding carboxylic acids is 2. The lowest BCUT2D eigenvalue weighted by Gasteiger charge is -2.10. The van der Waals surface area contributed by atoms with Gasteiger partial charge in [0.25, 0.3) is 0 Å². The van der Waals surface area contributed by atoms with Crippen LogP contribution >= 0.6 is 0 Å². The van der Waals surface area contributed by atoms with Crippen LogP contribution < -0.4 is 10.5 Å². The highest BCUT2D eigenvalue weighted by Gasteiger charge is 2.20. The Kier molecular flexibility index (Phi) is 5.99. The zero-order valence-corrected chi connectivity index (χ0v) is 16.1. The van der Waals surface area contributed by atoms with Crippen molar-refractivity contribution in [3.05, 3.63) is 65.4 Å². The summed E-state index contributed by atoms with van der Waals surface area (Å²) in [6.45, 7) is 4.48. The van der Waals surface area contributed by atoms with Crippen molar-refractivity contribution in [2.75, 3.05) is 13.2 Å². The number of carbonyl (C=O) groups is 2. The average Bonchev–Trinajstić information content (AvgIpc) is 2.93. The lowest BCUT2D eigenvalue weighted by molar-refractivity contribution is -0.145. The van der Waals surface area contributed by atoms with E-state index in [0.717, 1.165) is 27.7 Å². The van der Waals surface area contributed by atoms with Gasteiger partial charge in [0.1, 0.15) is 5.75 Å². The predicted molar refractivity (Wildman–Crippen MR) is 107 cm³/mol. The van der Waals surface area contributed by atoms with Crippen LogP contribution in [-0.2, 0) is 27.3 Å². The molecule has 146 valence electrons. The van der Waals surface area contributed by atoms with E-state index in [0.29, 0.717) is 18.9 Å². The number of hydrogen-bond acceptors (Lipinski definition) is 4. The molecule has 0 spiro atoms. The topological polar surface area (TPSA) is 83.6 Å². The van der Waals surface area contributed by atoms with E-state index in [4.69, 9.17) is 15.2 Å². The van der Waals surface area contributed by atoms with Gasteiger partial charge < -0.3 is 19.8 Å². The Labute approximate surface area is 163 Å². The molecule has 0 radical (unpaired) electrons. The first-order valence-electron chi connectivity index (χ1n) is 9.22. The molecule has 0 saturated carbocycles. The monoisotopic (exact) mass is 380 g/mol. The molecule has 0 aliphatic heterocycles. The van der Waals surface area contributed by atoms with E-state index < -0.39 is 11.9 Å². The maximum atomic E-state index is 11.7. The molecule has 0 aliphatic carbocycles. The number of aromatic nitrogens is 1. The second-order valence-corrected chi connectivity index (χ2v) is 6.52. The number of primary amides is 1. The number of nitrogens with two attached hydrogens (primary N) is 1. The van der Waals surface area contributed by atoms with Gasteiger partial charge in [-0.15, -0.1) is 0 Å². The Bertz CT molecular complexity index is 993. The van der Waals surface area contributed by atoms with Crippen LogP contribution in [0.5, 0.6) is 5.75 Å². The maximum absolute atomic E-state index is 11.7. The molecule has 1 heterocycles. The molecule has 0 atom stereocenters. The number of ether oxygens (including phenoxy) is 2. The number of fused-ring (bicyclic) bond motifs is 1. The quantitative estimate of drug-likeness (QED) is 0.609. The number of amides is 1. The summed E-state index contributed by atoms with van der Waals surface area (Å²) in [4.78, 5) is 23.4. The van der Waals surface area contributed by atoms with Gasteiger partial charge in [0.05, 0.1) is 18.5 Å². The minimum atomic E-state index is -0.434. The molecule has 1 amide bonds. The maximum Gasteiger partial charge on any atom is 0.344 e.